The van der Waals surface area contributed by atoms with Crippen molar-refractivity contribution in [1.82, 2.24) is 4.90 Å². The van der Waals surface area contributed by atoms with Gasteiger partial charge in [-0.15, -0.1) is 0 Å². The van der Waals surface area contributed by atoms with Crippen molar-refractivity contribution >= 4 is 11.9 Å². The molecule has 0 N–H and O–H groups in total. The van der Waals surface area contributed by atoms with Crippen LogP contribution in [-0.2, 0) is 14.3 Å². The third kappa shape index (κ3) is 2.08. The molecular formula is C13H19NO3. The van der Waals surface area contributed by atoms with Crippen molar-refractivity contribution < 1.29 is 14.3 Å². The summed E-state index contributed by atoms with van der Waals surface area (Å²) in [5.74, 6) is -0.274. The monoisotopic (exact) mass is 237 g/mol. The van der Waals surface area contributed by atoms with Crippen LogP contribution in [-0.4, -0.2) is 36.5 Å². The van der Waals surface area contributed by atoms with Crippen LogP contribution in [0, 0.1) is 11.3 Å². The number of hydrogen-bond donors (Lipinski definition) is 0. The number of carbonyl (C=O) groups is 2. The Kier molecular flexibility index (Phi) is 3.22. The molecule has 0 bridgehead atoms. The van der Waals surface area contributed by atoms with Crippen molar-refractivity contribution in [2.75, 3.05) is 19.7 Å². The van der Waals surface area contributed by atoms with Crippen LogP contribution in [0.3, 0.4) is 0 Å². The minimum absolute atomic E-state index is 0.0445. The van der Waals surface area contributed by atoms with E-state index in [1.165, 1.54) is 0 Å². The fourth-order valence-electron chi connectivity index (χ4n) is 2.91. The summed E-state index contributed by atoms with van der Waals surface area (Å²) in [6.45, 7) is 4.96. The molecule has 0 aromatic heterocycles. The number of likely N-dealkylation sites (tertiary alicyclic amines) is 1. The van der Waals surface area contributed by atoms with Gasteiger partial charge >= 0.3 is 5.97 Å². The van der Waals surface area contributed by atoms with E-state index in [0.29, 0.717) is 19.7 Å². The molecule has 94 valence electrons. The molecule has 1 heterocycles. The molecular weight excluding hydrogens is 218 g/mol. The molecule has 1 spiro atoms. The molecule has 0 aromatic rings. The Morgan fingerprint density at radius 2 is 2.06 bits per heavy atom. The number of ether oxygens (including phenoxy) is 1. The van der Waals surface area contributed by atoms with Gasteiger partial charge in [0, 0.05) is 25.4 Å². The van der Waals surface area contributed by atoms with Crippen molar-refractivity contribution in [2.45, 2.75) is 26.7 Å². The quantitative estimate of drug-likeness (QED) is 0.538. The molecule has 2 aliphatic rings. The molecule has 4 nitrogen and oxygen atoms in total. The highest BCUT2D eigenvalue weighted by atomic mass is 16.5. The summed E-state index contributed by atoms with van der Waals surface area (Å²) in [6.07, 6.45) is 5.96. The highest BCUT2D eigenvalue weighted by molar-refractivity contribution is 5.79. The van der Waals surface area contributed by atoms with Crippen LogP contribution in [0.25, 0.3) is 0 Å². The first-order valence-electron chi connectivity index (χ1n) is 6.16. The van der Waals surface area contributed by atoms with E-state index in [0.717, 1.165) is 12.8 Å². The van der Waals surface area contributed by atoms with Crippen LogP contribution in [0.4, 0.5) is 0 Å². The van der Waals surface area contributed by atoms with Crippen LogP contribution in [0.5, 0.6) is 0 Å². The van der Waals surface area contributed by atoms with E-state index in [-0.39, 0.29) is 23.2 Å². The minimum atomic E-state index is -0.165. The van der Waals surface area contributed by atoms with Gasteiger partial charge in [-0.25, -0.2) is 0 Å². The SMILES string of the molecule is CCOC(=O)[C@@H]1CN(C(C)=O)CC12CC=CC2. The Hall–Kier alpha value is -1.32. The molecule has 4 heteroatoms. The summed E-state index contributed by atoms with van der Waals surface area (Å²) in [5.41, 5.74) is -0.0993. The zero-order valence-electron chi connectivity index (χ0n) is 10.4. The zero-order chi connectivity index (χ0) is 12.5. The van der Waals surface area contributed by atoms with Gasteiger partial charge in [0.05, 0.1) is 12.5 Å². The number of nitrogens with zero attached hydrogens (tertiary/aromatic N) is 1. The van der Waals surface area contributed by atoms with E-state index in [4.69, 9.17) is 4.74 Å². The van der Waals surface area contributed by atoms with Crippen LogP contribution < -0.4 is 0 Å². The summed E-state index contributed by atoms with van der Waals surface area (Å²) in [5, 5.41) is 0. The summed E-state index contributed by atoms with van der Waals surface area (Å²) < 4.78 is 5.14. The maximum absolute atomic E-state index is 12.0. The molecule has 1 atom stereocenters. The standard InChI is InChI=1S/C13H19NO3/c1-3-17-12(16)11-8-14(10(2)15)9-13(11)6-4-5-7-13/h4-5,11H,3,6-9H2,1-2H3/t11-/m0/s1. The van der Waals surface area contributed by atoms with E-state index < -0.39 is 0 Å². The van der Waals surface area contributed by atoms with Crippen molar-refractivity contribution in [3.63, 3.8) is 0 Å². The Balaban J connectivity index is 2.17. The summed E-state index contributed by atoms with van der Waals surface area (Å²) in [4.78, 5) is 25.2. The highest BCUT2D eigenvalue weighted by Crippen LogP contribution is 2.46. The van der Waals surface area contributed by atoms with E-state index >= 15 is 0 Å². The summed E-state index contributed by atoms with van der Waals surface area (Å²) >= 11 is 0. The third-order valence-corrected chi connectivity index (χ3v) is 3.88. The summed E-state index contributed by atoms with van der Waals surface area (Å²) in [6, 6.07) is 0. The average molecular weight is 237 g/mol. The number of hydrogen-bond acceptors (Lipinski definition) is 3. The molecule has 0 aromatic carbocycles. The maximum atomic E-state index is 12.0. The topological polar surface area (TPSA) is 46.6 Å². The molecule has 1 saturated heterocycles. The Bertz CT molecular complexity index is 354. The van der Waals surface area contributed by atoms with Crippen molar-refractivity contribution in [3.8, 4) is 0 Å². The van der Waals surface area contributed by atoms with Crippen molar-refractivity contribution in [3.05, 3.63) is 12.2 Å². The molecule has 0 saturated carbocycles. The highest BCUT2D eigenvalue weighted by Gasteiger charge is 2.51. The molecule has 0 radical (unpaired) electrons. The average Bonchev–Trinajstić information content (AvgIpc) is 2.88. The molecule has 1 aliphatic heterocycles. The first kappa shape index (κ1) is 12.1. The van der Waals surface area contributed by atoms with Crippen molar-refractivity contribution in [1.29, 1.82) is 0 Å². The fraction of sp³-hybridized carbons (Fsp3) is 0.692. The number of rotatable bonds is 2. The number of amides is 1. The third-order valence-electron chi connectivity index (χ3n) is 3.88. The molecule has 1 amide bonds. The Morgan fingerprint density at radius 1 is 1.41 bits per heavy atom. The van der Waals surface area contributed by atoms with Gasteiger partial charge in [-0.2, -0.15) is 0 Å². The summed E-state index contributed by atoms with van der Waals surface area (Å²) in [7, 11) is 0. The molecule has 1 fully saturated rings. The lowest BCUT2D eigenvalue weighted by atomic mass is 9.76. The maximum Gasteiger partial charge on any atom is 0.311 e. The van der Waals surface area contributed by atoms with Crippen LogP contribution in [0.1, 0.15) is 26.7 Å². The molecule has 1 aliphatic carbocycles. The molecule has 17 heavy (non-hydrogen) atoms. The normalized spacial score (nSPS) is 25.5. The van der Waals surface area contributed by atoms with Gasteiger partial charge in [-0.3, -0.25) is 9.59 Å². The molecule has 2 rings (SSSR count). The predicted octanol–water partition coefficient (Wildman–Crippen LogP) is 1.36. The second kappa shape index (κ2) is 4.51. The van der Waals surface area contributed by atoms with Crippen molar-refractivity contribution in [2.24, 2.45) is 11.3 Å². The van der Waals surface area contributed by atoms with Crippen LogP contribution >= 0.6 is 0 Å². The van der Waals surface area contributed by atoms with Gasteiger partial charge in [0.2, 0.25) is 5.91 Å². The van der Waals surface area contributed by atoms with Crippen LogP contribution in [0.2, 0.25) is 0 Å². The predicted molar refractivity (Wildman–Crippen MR) is 63.2 cm³/mol. The largest absolute Gasteiger partial charge is 0.466 e. The fourth-order valence-corrected chi connectivity index (χ4v) is 2.91. The van der Waals surface area contributed by atoms with Gasteiger partial charge < -0.3 is 9.64 Å². The Labute approximate surface area is 102 Å². The zero-order valence-corrected chi connectivity index (χ0v) is 10.4. The van der Waals surface area contributed by atoms with Gasteiger partial charge in [0.25, 0.3) is 0 Å². The number of carbonyl (C=O) groups excluding carboxylic acids is 2. The second-order valence-corrected chi connectivity index (χ2v) is 4.95. The van der Waals surface area contributed by atoms with E-state index in [1.807, 2.05) is 6.92 Å². The van der Waals surface area contributed by atoms with Crippen LogP contribution in [0.15, 0.2) is 12.2 Å². The second-order valence-electron chi connectivity index (χ2n) is 4.95. The lowest BCUT2D eigenvalue weighted by Crippen LogP contribution is -2.34. The Morgan fingerprint density at radius 3 is 2.59 bits per heavy atom. The van der Waals surface area contributed by atoms with E-state index in [9.17, 15) is 9.59 Å². The number of esters is 1. The van der Waals surface area contributed by atoms with E-state index in [2.05, 4.69) is 12.2 Å². The van der Waals surface area contributed by atoms with Gasteiger partial charge in [-0.1, -0.05) is 12.2 Å². The van der Waals surface area contributed by atoms with Gasteiger partial charge in [0.15, 0.2) is 0 Å². The smallest absolute Gasteiger partial charge is 0.311 e. The number of allylic oxidation sites excluding steroid dienone is 2. The van der Waals surface area contributed by atoms with Gasteiger partial charge in [0.1, 0.15) is 0 Å². The minimum Gasteiger partial charge on any atom is -0.466 e. The lowest BCUT2D eigenvalue weighted by Gasteiger charge is -2.28. The van der Waals surface area contributed by atoms with Gasteiger partial charge in [-0.05, 0) is 19.8 Å². The first-order valence-corrected chi connectivity index (χ1v) is 6.16. The lowest BCUT2D eigenvalue weighted by molar-refractivity contribution is -0.150. The first-order chi connectivity index (χ1) is 8.09. The molecule has 0 unspecified atom stereocenters. The van der Waals surface area contributed by atoms with E-state index in [1.54, 1.807) is 11.8 Å².